The second-order valence-corrected chi connectivity index (χ2v) is 10.0. The number of benzene rings is 2. The number of amides is 1. The number of halogens is 1. The Hall–Kier alpha value is -4.04. The minimum absolute atomic E-state index is 0.151. The zero-order chi connectivity index (χ0) is 26.8. The normalized spacial score (nSPS) is 16.9. The number of thiocarbonyl (C=S) groups is 1. The van der Waals surface area contributed by atoms with E-state index >= 15 is 0 Å². The second-order valence-electron chi connectivity index (χ2n) is 9.62. The fraction of sp³-hybridized carbons (Fsp3) is 0.233. The molecule has 2 N–H and O–H groups in total. The summed E-state index contributed by atoms with van der Waals surface area (Å²) in [7, 11) is 0. The standard InChI is InChI=1S/C30H30FN5OS/c1-19-7-13-24(14-8-19)36-20(2)18-25(21(36)3)29-28(26-6-4-5-16-32-26)34-30(38)35(29)17-15-27(37)33-23-11-9-22(31)10-12-23/h4-14,16,18,28-29H,15,17H2,1-3H3,(H,33,37)(H,34,38). The first-order chi connectivity index (χ1) is 18.3. The molecule has 1 fully saturated rings. The zero-order valence-corrected chi connectivity index (χ0v) is 22.4. The van der Waals surface area contributed by atoms with Crippen LogP contribution in [0.3, 0.4) is 0 Å². The fourth-order valence-corrected chi connectivity index (χ4v) is 5.47. The van der Waals surface area contributed by atoms with E-state index in [0.717, 1.165) is 28.3 Å². The topological polar surface area (TPSA) is 62.2 Å². The van der Waals surface area contributed by atoms with Gasteiger partial charge in [-0.3, -0.25) is 9.78 Å². The molecule has 8 heteroatoms. The highest BCUT2D eigenvalue weighted by atomic mass is 32.1. The third kappa shape index (κ3) is 5.17. The molecule has 38 heavy (non-hydrogen) atoms. The van der Waals surface area contributed by atoms with Crippen molar-refractivity contribution in [3.63, 3.8) is 0 Å². The van der Waals surface area contributed by atoms with Gasteiger partial charge in [-0.1, -0.05) is 23.8 Å². The summed E-state index contributed by atoms with van der Waals surface area (Å²) >= 11 is 5.79. The van der Waals surface area contributed by atoms with Crippen LogP contribution >= 0.6 is 12.2 Å². The molecule has 1 saturated heterocycles. The van der Waals surface area contributed by atoms with Crippen molar-refractivity contribution in [2.24, 2.45) is 0 Å². The first kappa shape index (κ1) is 25.6. The van der Waals surface area contributed by atoms with Crippen LogP contribution in [0.1, 0.15) is 46.7 Å². The van der Waals surface area contributed by atoms with Gasteiger partial charge in [0.2, 0.25) is 5.91 Å². The first-order valence-corrected chi connectivity index (χ1v) is 13.0. The Morgan fingerprint density at radius 2 is 1.79 bits per heavy atom. The lowest BCUT2D eigenvalue weighted by Gasteiger charge is -2.28. The van der Waals surface area contributed by atoms with E-state index in [0.29, 0.717) is 17.3 Å². The van der Waals surface area contributed by atoms with Crippen molar-refractivity contribution < 1.29 is 9.18 Å². The van der Waals surface area contributed by atoms with Crippen LogP contribution in [0.2, 0.25) is 0 Å². The van der Waals surface area contributed by atoms with Gasteiger partial charge in [0.1, 0.15) is 5.82 Å². The zero-order valence-electron chi connectivity index (χ0n) is 21.6. The lowest BCUT2D eigenvalue weighted by atomic mass is 9.96. The number of aromatic nitrogens is 2. The molecule has 1 aliphatic heterocycles. The summed E-state index contributed by atoms with van der Waals surface area (Å²) < 4.78 is 15.5. The summed E-state index contributed by atoms with van der Waals surface area (Å²) in [6.07, 6.45) is 2.01. The average molecular weight is 528 g/mol. The Morgan fingerprint density at radius 3 is 2.47 bits per heavy atom. The summed E-state index contributed by atoms with van der Waals surface area (Å²) in [5.74, 6) is -0.507. The molecule has 0 saturated carbocycles. The van der Waals surface area contributed by atoms with E-state index in [1.54, 1.807) is 18.3 Å². The molecular weight excluding hydrogens is 497 g/mol. The monoisotopic (exact) mass is 527 g/mol. The van der Waals surface area contributed by atoms with E-state index in [1.807, 2.05) is 18.2 Å². The number of hydrogen-bond donors (Lipinski definition) is 2. The van der Waals surface area contributed by atoms with Gasteiger partial charge in [-0.25, -0.2) is 4.39 Å². The van der Waals surface area contributed by atoms with Crippen LogP contribution in [0, 0.1) is 26.6 Å². The van der Waals surface area contributed by atoms with Crippen LogP contribution < -0.4 is 10.6 Å². The van der Waals surface area contributed by atoms with Gasteiger partial charge in [0.15, 0.2) is 5.11 Å². The van der Waals surface area contributed by atoms with Crippen molar-refractivity contribution in [3.8, 4) is 5.69 Å². The summed E-state index contributed by atoms with van der Waals surface area (Å²) in [5.41, 5.74) is 7.12. The smallest absolute Gasteiger partial charge is 0.226 e. The van der Waals surface area contributed by atoms with Gasteiger partial charge in [0.05, 0.1) is 17.8 Å². The maximum Gasteiger partial charge on any atom is 0.226 e. The van der Waals surface area contributed by atoms with E-state index in [1.165, 1.54) is 17.7 Å². The van der Waals surface area contributed by atoms with Crippen LogP contribution in [0.4, 0.5) is 10.1 Å². The van der Waals surface area contributed by atoms with Gasteiger partial charge in [-0.05, 0) is 93.1 Å². The number of anilines is 1. The second kappa shape index (κ2) is 10.8. The Kier molecular flexibility index (Phi) is 7.24. The number of aryl methyl sites for hydroxylation is 2. The summed E-state index contributed by atoms with van der Waals surface area (Å²) in [6.45, 7) is 6.73. The number of nitrogens with zero attached hydrogens (tertiary/aromatic N) is 3. The molecule has 194 valence electrons. The quantitative estimate of drug-likeness (QED) is 0.292. The Morgan fingerprint density at radius 1 is 1.05 bits per heavy atom. The number of carbonyl (C=O) groups is 1. The highest BCUT2D eigenvalue weighted by Crippen LogP contribution is 2.41. The molecule has 2 atom stereocenters. The minimum atomic E-state index is -0.344. The average Bonchev–Trinajstić information content (AvgIpc) is 3.39. The van der Waals surface area contributed by atoms with Gasteiger partial charge in [0.25, 0.3) is 0 Å². The van der Waals surface area contributed by atoms with E-state index in [4.69, 9.17) is 12.2 Å². The third-order valence-electron chi connectivity index (χ3n) is 6.99. The van der Waals surface area contributed by atoms with Crippen LogP contribution in [-0.4, -0.2) is 32.0 Å². The number of carbonyl (C=O) groups excluding carboxylic acids is 1. The van der Waals surface area contributed by atoms with Crippen molar-refractivity contribution in [3.05, 3.63) is 113 Å². The van der Waals surface area contributed by atoms with Crippen LogP contribution in [0.15, 0.2) is 79.0 Å². The van der Waals surface area contributed by atoms with Gasteiger partial charge in [0, 0.05) is 41.9 Å². The van der Waals surface area contributed by atoms with Crippen LogP contribution in [0.25, 0.3) is 5.69 Å². The van der Waals surface area contributed by atoms with E-state index < -0.39 is 0 Å². The van der Waals surface area contributed by atoms with Crippen molar-refractivity contribution in [1.29, 1.82) is 0 Å². The van der Waals surface area contributed by atoms with Crippen molar-refractivity contribution >= 4 is 28.9 Å². The predicted octanol–water partition coefficient (Wildman–Crippen LogP) is 5.94. The number of nitrogens with one attached hydrogen (secondary N) is 2. The van der Waals surface area contributed by atoms with Gasteiger partial charge in [-0.15, -0.1) is 0 Å². The molecule has 0 aliphatic carbocycles. The number of rotatable bonds is 7. The highest BCUT2D eigenvalue weighted by Gasteiger charge is 2.41. The molecule has 6 nitrogen and oxygen atoms in total. The molecule has 0 radical (unpaired) electrons. The molecular formula is C30H30FN5OS. The highest BCUT2D eigenvalue weighted by molar-refractivity contribution is 7.80. The SMILES string of the molecule is Cc1ccc(-n2c(C)cc(C3C(c4ccccn4)NC(=S)N3CCC(=O)Nc3ccc(F)cc3)c2C)cc1. The summed E-state index contributed by atoms with van der Waals surface area (Å²) in [6, 6.07) is 22.0. The molecule has 4 aromatic rings. The molecule has 1 aliphatic rings. The molecule has 1 amide bonds. The third-order valence-corrected chi connectivity index (χ3v) is 7.34. The Labute approximate surface area is 227 Å². The molecule has 2 unspecified atom stereocenters. The Balaban J connectivity index is 1.46. The van der Waals surface area contributed by atoms with Crippen molar-refractivity contribution in [2.45, 2.75) is 39.3 Å². The summed E-state index contributed by atoms with van der Waals surface area (Å²) in [4.78, 5) is 19.5. The maximum atomic E-state index is 13.2. The van der Waals surface area contributed by atoms with Gasteiger partial charge >= 0.3 is 0 Å². The summed E-state index contributed by atoms with van der Waals surface area (Å²) in [5, 5.41) is 6.89. The van der Waals surface area contributed by atoms with Gasteiger partial charge in [-0.2, -0.15) is 0 Å². The number of pyridine rings is 1. The number of hydrogen-bond acceptors (Lipinski definition) is 3. The Bertz CT molecular complexity index is 1450. The largest absolute Gasteiger partial charge is 0.352 e. The predicted molar refractivity (Wildman–Crippen MR) is 152 cm³/mol. The van der Waals surface area contributed by atoms with Gasteiger partial charge < -0.3 is 20.1 Å². The van der Waals surface area contributed by atoms with Crippen LogP contribution in [-0.2, 0) is 4.79 Å². The minimum Gasteiger partial charge on any atom is -0.352 e. The van der Waals surface area contributed by atoms with Crippen molar-refractivity contribution in [1.82, 2.24) is 19.8 Å². The molecule has 2 aromatic carbocycles. The lowest BCUT2D eigenvalue weighted by molar-refractivity contribution is -0.116. The molecule has 0 spiro atoms. The van der Waals surface area contributed by atoms with Crippen molar-refractivity contribution in [2.75, 3.05) is 11.9 Å². The van der Waals surface area contributed by atoms with E-state index in [2.05, 4.69) is 76.2 Å². The molecule has 2 aromatic heterocycles. The van der Waals surface area contributed by atoms with Crippen LogP contribution in [0.5, 0.6) is 0 Å². The molecule has 0 bridgehead atoms. The lowest BCUT2D eigenvalue weighted by Crippen LogP contribution is -2.32. The molecule has 5 rings (SSSR count). The maximum absolute atomic E-state index is 13.2. The first-order valence-electron chi connectivity index (χ1n) is 12.6. The van der Waals surface area contributed by atoms with E-state index in [-0.39, 0.29) is 30.2 Å². The van der Waals surface area contributed by atoms with E-state index in [9.17, 15) is 9.18 Å². The molecule has 3 heterocycles. The fourth-order valence-electron chi connectivity index (χ4n) is 5.14.